The molecule has 0 spiro atoms. The number of halogens is 2. The molecule has 0 aliphatic rings. The van der Waals surface area contributed by atoms with Gasteiger partial charge in [-0.1, -0.05) is 45.7 Å². The maximum absolute atomic E-state index is 6.34. The highest BCUT2D eigenvalue weighted by atomic mass is 79.9. The molecule has 2 aromatic rings. The number of nitrogens with zero attached hydrogens (tertiary/aromatic N) is 1. The fourth-order valence-electron chi connectivity index (χ4n) is 2.07. The van der Waals surface area contributed by atoms with Gasteiger partial charge in [0.05, 0.1) is 17.8 Å². The molecule has 0 amide bonds. The molecule has 2 aromatic carbocycles. The third kappa shape index (κ3) is 3.68. The average molecular weight is 355 g/mol. The molecule has 20 heavy (non-hydrogen) atoms. The van der Waals surface area contributed by atoms with Gasteiger partial charge in [0.1, 0.15) is 5.75 Å². The van der Waals surface area contributed by atoms with Crippen LogP contribution in [0.25, 0.3) is 0 Å². The highest BCUT2D eigenvalue weighted by Gasteiger charge is 2.08. The molecular weight excluding hydrogens is 338 g/mol. The minimum absolute atomic E-state index is 0.771. The molecule has 106 valence electrons. The van der Waals surface area contributed by atoms with Crippen molar-refractivity contribution in [3.8, 4) is 5.75 Å². The van der Waals surface area contributed by atoms with Crippen LogP contribution in [0, 0.1) is 0 Å². The third-order valence-electron chi connectivity index (χ3n) is 3.13. The molecule has 0 saturated heterocycles. The van der Waals surface area contributed by atoms with Crippen molar-refractivity contribution in [3.05, 3.63) is 58.6 Å². The fraction of sp³-hybridized carbons (Fsp3) is 0.250. The van der Waals surface area contributed by atoms with E-state index in [9.17, 15) is 0 Å². The highest BCUT2D eigenvalue weighted by molar-refractivity contribution is 9.08. The van der Waals surface area contributed by atoms with Crippen LogP contribution in [0.1, 0.15) is 11.1 Å². The third-order valence-corrected chi connectivity index (χ3v) is 4.08. The van der Waals surface area contributed by atoms with Gasteiger partial charge in [0.15, 0.2) is 0 Å². The van der Waals surface area contributed by atoms with E-state index in [1.54, 1.807) is 7.11 Å². The molecule has 0 bridgehead atoms. The van der Waals surface area contributed by atoms with Gasteiger partial charge in [0.25, 0.3) is 0 Å². The Morgan fingerprint density at radius 1 is 1.15 bits per heavy atom. The topological polar surface area (TPSA) is 12.5 Å². The zero-order chi connectivity index (χ0) is 14.5. The monoisotopic (exact) mass is 353 g/mol. The Morgan fingerprint density at radius 2 is 1.95 bits per heavy atom. The average Bonchev–Trinajstić information content (AvgIpc) is 2.47. The maximum atomic E-state index is 6.34. The number of hydrogen-bond acceptors (Lipinski definition) is 2. The summed E-state index contributed by atoms with van der Waals surface area (Å²) in [6.07, 6.45) is 0. The van der Waals surface area contributed by atoms with Crippen molar-refractivity contribution >= 4 is 33.2 Å². The van der Waals surface area contributed by atoms with E-state index in [1.807, 2.05) is 31.3 Å². The van der Waals surface area contributed by atoms with Crippen LogP contribution < -0.4 is 9.64 Å². The molecule has 0 heterocycles. The van der Waals surface area contributed by atoms with E-state index in [2.05, 4.69) is 39.0 Å². The minimum atomic E-state index is 0.771. The predicted octanol–water partition coefficient (Wildman–Crippen LogP) is 4.88. The Morgan fingerprint density at radius 3 is 2.60 bits per heavy atom. The quantitative estimate of drug-likeness (QED) is 0.710. The molecular formula is C16H17BrClNO. The Labute approximate surface area is 133 Å². The standard InChI is InChI=1S/C16H17BrClNO/c1-19(11-13-4-3-5-14(8-13)20-2)16-7-6-12(10-17)9-15(16)18/h3-9H,10-11H2,1-2H3. The van der Waals surface area contributed by atoms with Crippen molar-refractivity contribution in [2.24, 2.45) is 0 Å². The number of hydrogen-bond donors (Lipinski definition) is 0. The van der Waals surface area contributed by atoms with Gasteiger partial charge < -0.3 is 9.64 Å². The summed E-state index contributed by atoms with van der Waals surface area (Å²) in [5, 5.41) is 1.58. The zero-order valence-electron chi connectivity index (χ0n) is 11.6. The molecule has 2 rings (SSSR count). The second-order valence-electron chi connectivity index (χ2n) is 4.63. The number of benzene rings is 2. The fourth-order valence-corrected chi connectivity index (χ4v) is 2.77. The summed E-state index contributed by atoms with van der Waals surface area (Å²) in [5.41, 5.74) is 3.39. The molecule has 0 radical (unpaired) electrons. The Bertz CT molecular complexity index is 588. The Kier molecular flexibility index (Phi) is 5.32. The summed E-state index contributed by atoms with van der Waals surface area (Å²) < 4.78 is 5.25. The summed E-state index contributed by atoms with van der Waals surface area (Å²) in [6, 6.07) is 14.2. The zero-order valence-corrected chi connectivity index (χ0v) is 13.9. The summed E-state index contributed by atoms with van der Waals surface area (Å²) in [6.45, 7) is 0.782. The number of ether oxygens (including phenoxy) is 1. The second-order valence-corrected chi connectivity index (χ2v) is 5.59. The maximum Gasteiger partial charge on any atom is 0.119 e. The number of alkyl halides is 1. The molecule has 2 nitrogen and oxygen atoms in total. The van der Waals surface area contributed by atoms with Crippen molar-refractivity contribution in [2.75, 3.05) is 19.1 Å². The lowest BCUT2D eigenvalue weighted by molar-refractivity contribution is 0.414. The summed E-state index contributed by atoms with van der Waals surface area (Å²) in [7, 11) is 3.72. The SMILES string of the molecule is COc1cccc(CN(C)c2ccc(CBr)cc2Cl)c1. The normalized spacial score (nSPS) is 10.4. The van der Waals surface area contributed by atoms with Crippen molar-refractivity contribution in [1.29, 1.82) is 0 Å². The Hall–Kier alpha value is -1.19. The second kappa shape index (κ2) is 7.00. The van der Waals surface area contributed by atoms with Gasteiger partial charge in [0.2, 0.25) is 0 Å². The van der Waals surface area contributed by atoms with Gasteiger partial charge in [-0.3, -0.25) is 0 Å². The molecule has 0 fully saturated rings. The summed E-state index contributed by atoms with van der Waals surface area (Å²) in [4.78, 5) is 2.13. The number of anilines is 1. The highest BCUT2D eigenvalue weighted by Crippen LogP contribution is 2.28. The first-order valence-corrected chi connectivity index (χ1v) is 7.82. The molecule has 4 heteroatoms. The summed E-state index contributed by atoms with van der Waals surface area (Å²) >= 11 is 9.78. The summed E-state index contributed by atoms with van der Waals surface area (Å²) in [5.74, 6) is 0.872. The van der Waals surface area contributed by atoms with E-state index in [-0.39, 0.29) is 0 Å². The van der Waals surface area contributed by atoms with Crippen LogP contribution in [0.15, 0.2) is 42.5 Å². The van der Waals surface area contributed by atoms with Crippen molar-refractivity contribution in [1.82, 2.24) is 0 Å². The van der Waals surface area contributed by atoms with Crippen LogP contribution in [-0.4, -0.2) is 14.2 Å². The van der Waals surface area contributed by atoms with E-state index in [4.69, 9.17) is 16.3 Å². The molecule has 0 aliphatic heterocycles. The van der Waals surface area contributed by atoms with Crippen LogP contribution in [-0.2, 0) is 11.9 Å². The van der Waals surface area contributed by atoms with Gasteiger partial charge in [-0.05, 0) is 35.4 Å². The van der Waals surface area contributed by atoms with Crippen molar-refractivity contribution in [2.45, 2.75) is 11.9 Å². The molecule has 0 aliphatic carbocycles. The van der Waals surface area contributed by atoms with Gasteiger partial charge in [-0.2, -0.15) is 0 Å². The predicted molar refractivity (Wildman–Crippen MR) is 89.2 cm³/mol. The lowest BCUT2D eigenvalue weighted by Gasteiger charge is -2.21. The van der Waals surface area contributed by atoms with Gasteiger partial charge in [-0.15, -0.1) is 0 Å². The number of rotatable bonds is 5. The van der Waals surface area contributed by atoms with Crippen molar-refractivity contribution in [3.63, 3.8) is 0 Å². The minimum Gasteiger partial charge on any atom is -0.497 e. The van der Waals surface area contributed by atoms with Crippen LogP contribution in [0.3, 0.4) is 0 Å². The first-order chi connectivity index (χ1) is 9.63. The first kappa shape index (κ1) is 15.2. The van der Waals surface area contributed by atoms with Crippen molar-refractivity contribution < 1.29 is 4.74 Å². The van der Waals surface area contributed by atoms with Crippen LogP contribution in [0.2, 0.25) is 5.02 Å². The van der Waals surface area contributed by atoms with Crippen LogP contribution in [0.5, 0.6) is 5.75 Å². The molecule has 0 atom stereocenters. The van der Waals surface area contributed by atoms with E-state index in [1.165, 1.54) is 11.1 Å². The Balaban J connectivity index is 2.16. The van der Waals surface area contributed by atoms with E-state index in [0.717, 1.165) is 28.3 Å². The lowest BCUT2D eigenvalue weighted by atomic mass is 10.1. The molecule has 0 aromatic heterocycles. The first-order valence-electron chi connectivity index (χ1n) is 6.32. The molecule has 0 N–H and O–H groups in total. The number of methoxy groups -OCH3 is 1. The van der Waals surface area contributed by atoms with Gasteiger partial charge in [-0.25, -0.2) is 0 Å². The van der Waals surface area contributed by atoms with Gasteiger partial charge >= 0.3 is 0 Å². The van der Waals surface area contributed by atoms with Gasteiger partial charge in [0, 0.05) is 18.9 Å². The van der Waals surface area contributed by atoms with E-state index >= 15 is 0 Å². The van der Waals surface area contributed by atoms with Crippen LogP contribution in [0.4, 0.5) is 5.69 Å². The lowest BCUT2D eigenvalue weighted by Crippen LogP contribution is -2.16. The largest absolute Gasteiger partial charge is 0.497 e. The molecule has 0 saturated carbocycles. The van der Waals surface area contributed by atoms with E-state index < -0.39 is 0 Å². The molecule has 0 unspecified atom stereocenters. The van der Waals surface area contributed by atoms with Crippen LogP contribution >= 0.6 is 27.5 Å². The van der Waals surface area contributed by atoms with E-state index in [0.29, 0.717) is 0 Å². The smallest absolute Gasteiger partial charge is 0.119 e.